The van der Waals surface area contributed by atoms with Crippen LogP contribution in [0.3, 0.4) is 0 Å². The van der Waals surface area contributed by atoms with Crippen LogP contribution in [0, 0.1) is 5.92 Å². The van der Waals surface area contributed by atoms with Crippen LogP contribution in [0.4, 0.5) is 5.69 Å². The number of benzene rings is 2. The molecule has 1 aromatic heterocycles. The maximum atomic E-state index is 11.3. The molecule has 0 amide bonds. The monoisotopic (exact) mass is 534 g/mol. The van der Waals surface area contributed by atoms with Crippen LogP contribution in [-0.4, -0.2) is 36.8 Å². The zero-order valence-corrected chi connectivity index (χ0v) is 21.1. The van der Waals surface area contributed by atoms with Gasteiger partial charge in [-0.1, -0.05) is 34.4 Å². The van der Waals surface area contributed by atoms with Gasteiger partial charge in [0.2, 0.25) is 0 Å². The van der Waals surface area contributed by atoms with E-state index in [1.807, 2.05) is 6.07 Å². The van der Waals surface area contributed by atoms with Gasteiger partial charge >= 0.3 is 0 Å². The van der Waals surface area contributed by atoms with Gasteiger partial charge in [0, 0.05) is 41.2 Å². The zero-order valence-electron chi connectivity index (χ0n) is 18.7. The minimum Gasteiger partial charge on any atom is -0.373 e. The third kappa shape index (κ3) is 4.36. The van der Waals surface area contributed by atoms with Crippen LogP contribution < -0.4 is 4.90 Å². The van der Waals surface area contributed by atoms with E-state index in [-0.39, 0.29) is 11.0 Å². The molecule has 3 aromatic rings. The molecular formula is C25H24Cl2N2O5S. The number of aromatic nitrogens is 1. The summed E-state index contributed by atoms with van der Waals surface area (Å²) in [5.41, 5.74) is 3.22. The van der Waals surface area contributed by atoms with Gasteiger partial charge in [0.25, 0.3) is 10.1 Å². The Kier molecular flexibility index (Phi) is 5.85. The molecule has 1 N–H and O–H groups in total. The van der Waals surface area contributed by atoms with Crippen molar-refractivity contribution in [3.63, 3.8) is 0 Å². The normalized spacial score (nSPS) is 23.9. The number of rotatable bonds is 7. The lowest BCUT2D eigenvalue weighted by Gasteiger charge is -2.33. The van der Waals surface area contributed by atoms with Crippen molar-refractivity contribution in [2.75, 3.05) is 11.4 Å². The van der Waals surface area contributed by atoms with E-state index in [1.54, 1.807) is 24.3 Å². The Labute approximate surface area is 213 Å². The molecule has 10 heteroatoms. The highest BCUT2D eigenvalue weighted by Gasteiger charge is 2.45. The molecule has 0 spiro atoms. The second-order valence-corrected chi connectivity index (χ2v) is 11.8. The van der Waals surface area contributed by atoms with E-state index in [4.69, 9.17) is 32.5 Å². The maximum absolute atomic E-state index is 11.3. The van der Waals surface area contributed by atoms with Crippen LogP contribution in [0.25, 0.3) is 11.3 Å². The van der Waals surface area contributed by atoms with Gasteiger partial charge in [0.15, 0.2) is 0 Å². The van der Waals surface area contributed by atoms with Crippen molar-refractivity contribution < 1.29 is 22.2 Å². The number of hydrogen-bond acceptors (Lipinski definition) is 6. The van der Waals surface area contributed by atoms with Crippen molar-refractivity contribution in [1.29, 1.82) is 0 Å². The summed E-state index contributed by atoms with van der Waals surface area (Å²) in [6.45, 7) is 1.23. The molecule has 2 bridgehead atoms. The third-order valence-corrected chi connectivity index (χ3v) is 8.85. The Hall–Kier alpha value is -2.10. The smallest absolute Gasteiger partial charge is 0.294 e. The highest BCUT2D eigenvalue weighted by atomic mass is 35.5. The van der Waals surface area contributed by atoms with Crippen molar-refractivity contribution in [3.05, 3.63) is 63.8 Å². The fourth-order valence-electron chi connectivity index (χ4n) is 5.47. The number of piperidine rings is 1. The molecular weight excluding hydrogens is 511 g/mol. The summed E-state index contributed by atoms with van der Waals surface area (Å²) in [5, 5.41) is 5.41. The number of nitrogens with zero attached hydrogens (tertiary/aromatic N) is 2. The Morgan fingerprint density at radius 2 is 1.80 bits per heavy atom. The van der Waals surface area contributed by atoms with E-state index in [2.05, 4.69) is 10.1 Å². The predicted molar refractivity (Wildman–Crippen MR) is 133 cm³/mol. The van der Waals surface area contributed by atoms with Crippen molar-refractivity contribution in [3.8, 4) is 11.3 Å². The van der Waals surface area contributed by atoms with E-state index in [1.165, 1.54) is 12.1 Å². The highest BCUT2D eigenvalue weighted by molar-refractivity contribution is 7.85. The second kappa shape index (κ2) is 8.78. The number of hydrogen-bond donors (Lipinski definition) is 1. The largest absolute Gasteiger partial charge is 0.373 e. The lowest BCUT2D eigenvalue weighted by Crippen LogP contribution is -2.38. The van der Waals surface area contributed by atoms with Crippen LogP contribution in [0.5, 0.6) is 0 Å². The van der Waals surface area contributed by atoms with Crippen molar-refractivity contribution in [1.82, 2.24) is 5.16 Å². The summed E-state index contributed by atoms with van der Waals surface area (Å²) in [5.74, 6) is 1.62. The van der Waals surface area contributed by atoms with Gasteiger partial charge in [-0.2, -0.15) is 8.42 Å². The first-order chi connectivity index (χ1) is 16.8. The first-order valence-corrected chi connectivity index (χ1v) is 13.9. The molecule has 3 atom stereocenters. The van der Waals surface area contributed by atoms with Gasteiger partial charge in [-0.3, -0.25) is 4.55 Å². The topological polar surface area (TPSA) is 92.9 Å². The van der Waals surface area contributed by atoms with E-state index in [9.17, 15) is 13.0 Å². The van der Waals surface area contributed by atoms with Crippen molar-refractivity contribution >= 4 is 39.0 Å². The summed E-state index contributed by atoms with van der Waals surface area (Å²) in [6, 6.07) is 12.1. The quantitative estimate of drug-likeness (QED) is 0.374. The van der Waals surface area contributed by atoms with Crippen LogP contribution in [0.2, 0.25) is 10.0 Å². The number of ether oxygens (including phenoxy) is 1. The van der Waals surface area contributed by atoms with E-state index >= 15 is 0 Å². The Morgan fingerprint density at radius 1 is 1.09 bits per heavy atom. The fourth-order valence-corrected chi connectivity index (χ4v) is 6.53. The molecule has 2 aliphatic carbocycles. The minimum atomic E-state index is -4.19. The maximum Gasteiger partial charge on any atom is 0.294 e. The van der Waals surface area contributed by atoms with Gasteiger partial charge in [0.05, 0.1) is 27.7 Å². The van der Waals surface area contributed by atoms with Gasteiger partial charge in [0.1, 0.15) is 11.5 Å². The lowest BCUT2D eigenvalue weighted by atomic mass is 10.0. The van der Waals surface area contributed by atoms with Crippen molar-refractivity contribution in [2.24, 2.45) is 5.92 Å². The van der Waals surface area contributed by atoms with Crippen LogP contribution in [0.15, 0.2) is 51.9 Å². The molecule has 0 unspecified atom stereocenters. The molecule has 6 rings (SSSR count). The Balaban J connectivity index is 1.17. The lowest BCUT2D eigenvalue weighted by molar-refractivity contribution is 0.0122. The van der Waals surface area contributed by atoms with Gasteiger partial charge < -0.3 is 14.2 Å². The molecule has 3 aliphatic rings. The van der Waals surface area contributed by atoms with Crippen LogP contribution in [0.1, 0.15) is 42.9 Å². The van der Waals surface area contributed by atoms with Crippen molar-refractivity contribution in [2.45, 2.75) is 55.2 Å². The fraction of sp³-hybridized carbons (Fsp3) is 0.400. The number of halogens is 2. The molecule has 7 nitrogen and oxygen atoms in total. The molecule has 1 saturated heterocycles. The summed E-state index contributed by atoms with van der Waals surface area (Å²) in [4.78, 5) is 2.20. The van der Waals surface area contributed by atoms with Gasteiger partial charge in [-0.15, -0.1) is 0 Å². The molecule has 2 aromatic carbocycles. The van der Waals surface area contributed by atoms with Gasteiger partial charge in [-0.05, 0) is 62.1 Å². The molecule has 2 saturated carbocycles. The summed E-state index contributed by atoms with van der Waals surface area (Å²) >= 11 is 12.9. The average Bonchev–Trinajstić information content (AvgIpc) is 3.28. The van der Waals surface area contributed by atoms with E-state index < -0.39 is 10.1 Å². The summed E-state index contributed by atoms with van der Waals surface area (Å²) in [6.07, 6.45) is 4.18. The zero-order chi connectivity index (χ0) is 24.3. The minimum absolute atomic E-state index is 0.0959. The molecule has 0 radical (unpaired) electrons. The van der Waals surface area contributed by atoms with E-state index in [0.717, 1.165) is 49.2 Å². The molecule has 1 aliphatic heterocycles. The standard InChI is InChI=1S/C25H24Cl2N2O5S/c26-20-2-1-3-21(27)23(20)24-19(25(34-28-24)14-4-5-14)13-33-22-11-17-10-15(22)12-29(17)16-6-8-18(9-7-16)35(30,31)32/h1-3,6-9,14-15,17,22H,4-5,10-13H2,(H,30,31,32)/t15-,17-,22+/m0/s1. The Morgan fingerprint density at radius 3 is 2.40 bits per heavy atom. The Bertz CT molecular complexity index is 1350. The first kappa shape index (κ1) is 23.3. The molecule has 35 heavy (non-hydrogen) atoms. The average molecular weight is 535 g/mol. The molecule has 2 heterocycles. The second-order valence-electron chi connectivity index (χ2n) is 9.60. The first-order valence-electron chi connectivity index (χ1n) is 11.7. The highest BCUT2D eigenvalue weighted by Crippen LogP contribution is 2.47. The number of anilines is 1. The third-order valence-electron chi connectivity index (χ3n) is 7.35. The van der Waals surface area contributed by atoms with Gasteiger partial charge in [-0.25, -0.2) is 0 Å². The number of fused-ring (bicyclic) bond motifs is 2. The summed E-state index contributed by atoms with van der Waals surface area (Å²) < 4.78 is 44.1. The van der Waals surface area contributed by atoms with Crippen LogP contribution >= 0.6 is 23.2 Å². The summed E-state index contributed by atoms with van der Waals surface area (Å²) in [7, 11) is -4.19. The predicted octanol–water partition coefficient (Wildman–Crippen LogP) is 5.96. The SMILES string of the molecule is O=S(=O)(O)c1ccc(N2C[C@@H]3C[C@H]2C[C@H]3OCc2c(-c3c(Cl)cccc3Cl)noc2C2CC2)cc1. The van der Waals surface area contributed by atoms with Crippen LogP contribution in [-0.2, 0) is 21.5 Å². The molecule has 3 fully saturated rings. The van der Waals surface area contributed by atoms with E-state index in [0.29, 0.717) is 45.8 Å². The molecule has 184 valence electrons.